The number of nitrogens with zero attached hydrogens (tertiary/aromatic N) is 1. The summed E-state index contributed by atoms with van der Waals surface area (Å²) in [6.45, 7) is 6.39. The number of rotatable bonds is 4. The number of carbonyl (C=O) groups excluding carboxylic acids is 1. The van der Waals surface area contributed by atoms with E-state index in [9.17, 15) is 4.79 Å². The minimum Gasteiger partial charge on any atom is -0.496 e. The van der Waals surface area contributed by atoms with Crippen LogP contribution in [0.2, 0.25) is 0 Å². The van der Waals surface area contributed by atoms with E-state index in [1.54, 1.807) is 19.1 Å². The monoisotopic (exact) mass is 264 g/mol. The Morgan fingerprint density at radius 3 is 2.47 bits per heavy atom. The molecule has 0 saturated carbocycles. The number of nitrogens with two attached hydrogens (primary N) is 1. The number of ether oxygens (including phenoxy) is 1. The summed E-state index contributed by atoms with van der Waals surface area (Å²) < 4.78 is 5.28. The van der Waals surface area contributed by atoms with Gasteiger partial charge in [0.05, 0.1) is 13.2 Å². The van der Waals surface area contributed by atoms with Gasteiger partial charge in [0, 0.05) is 19.2 Å². The van der Waals surface area contributed by atoms with Crippen LogP contribution in [0.15, 0.2) is 24.3 Å². The van der Waals surface area contributed by atoms with Gasteiger partial charge in [-0.2, -0.15) is 0 Å². The number of hydrogen-bond donors (Lipinski definition) is 1. The molecular weight excluding hydrogens is 240 g/mol. The Kier molecular flexibility index (Phi) is 4.95. The molecule has 0 spiro atoms. The molecule has 4 nitrogen and oxygen atoms in total. The largest absolute Gasteiger partial charge is 0.496 e. The molecule has 0 bridgehead atoms. The average molecular weight is 264 g/mol. The zero-order valence-electron chi connectivity index (χ0n) is 12.4. The summed E-state index contributed by atoms with van der Waals surface area (Å²) in [5, 5.41) is 0. The van der Waals surface area contributed by atoms with E-state index in [1.165, 1.54) is 0 Å². The van der Waals surface area contributed by atoms with Crippen LogP contribution in [0.1, 0.15) is 26.3 Å². The molecule has 0 fully saturated rings. The van der Waals surface area contributed by atoms with Crippen LogP contribution < -0.4 is 10.5 Å². The second-order valence-electron chi connectivity index (χ2n) is 5.85. The maximum atomic E-state index is 12.3. The predicted molar refractivity (Wildman–Crippen MR) is 76.9 cm³/mol. The number of para-hydroxylation sites is 1. The standard InChI is InChI=1S/C15H24N2O2/c1-15(2,3)13(16)14(18)17(4)10-11-8-6-7-9-12(11)19-5/h6-9,13H,10,16H2,1-5H3/t13-/m1/s1. The van der Waals surface area contributed by atoms with Crippen molar-refractivity contribution in [3.8, 4) is 5.75 Å². The van der Waals surface area contributed by atoms with Crippen LogP contribution >= 0.6 is 0 Å². The maximum absolute atomic E-state index is 12.3. The Morgan fingerprint density at radius 1 is 1.37 bits per heavy atom. The van der Waals surface area contributed by atoms with Gasteiger partial charge in [0.25, 0.3) is 0 Å². The molecule has 0 aliphatic rings. The molecule has 1 rings (SSSR count). The Bertz CT molecular complexity index is 438. The first-order chi connectivity index (χ1) is 8.77. The summed E-state index contributed by atoms with van der Waals surface area (Å²) in [5.74, 6) is 0.727. The fourth-order valence-corrected chi connectivity index (χ4v) is 1.77. The van der Waals surface area contributed by atoms with Crippen molar-refractivity contribution in [3.63, 3.8) is 0 Å². The highest BCUT2D eigenvalue weighted by Crippen LogP contribution is 2.22. The summed E-state index contributed by atoms with van der Waals surface area (Å²) in [6, 6.07) is 7.17. The minimum absolute atomic E-state index is 0.0570. The molecule has 0 aliphatic carbocycles. The van der Waals surface area contributed by atoms with Crippen LogP contribution in [0, 0.1) is 5.41 Å². The summed E-state index contributed by atoms with van der Waals surface area (Å²) in [6.07, 6.45) is 0. The van der Waals surface area contributed by atoms with Crippen molar-refractivity contribution < 1.29 is 9.53 Å². The second-order valence-corrected chi connectivity index (χ2v) is 5.85. The van der Waals surface area contributed by atoms with Gasteiger partial charge in [-0.1, -0.05) is 39.0 Å². The number of likely N-dealkylation sites (N-methyl/N-ethyl adjacent to an activating group) is 1. The number of hydrogen-bond acceptors (Lipinski definition) is 3. The van der Waals surface area contributed by atoms with Gasteiger partial charge in [0.15, 0.2) is 0 Å². The van der Waals surface area contributed by atoms with Crippen molar-refractivity contribution in [2.45, 2.75) is 33.4 Å². The zero-order valence-corrected chi connectivity index (χ0v) is 12.4. The van der Waals surface area contributed by atoms with Crippen molar-refractivity contribution in [1.29, 1.82) is 0 Å². The van der Waals surface area contributed by atoms with E-state index in [-0.39, 0.29) is 11.3 Å². The summed E-state index contributed by atoms with van der Waals surface area (Å²) >= 11 is 0. The van der Waals surface area contributed by atoms with Crippen LogP contribution in [0.25, 0.3) is 0 Å². The van der Waals surface area contributed by atoms with Crippen molar-refractivity contribution in [2.75, 3.05) is 14.2 Å². The highest BCUT2D eigenvalue weighted by atomic mass is 16.5. The number of benzene rings is 1. The van der Waals surface area contributed by atoms with Gasteiger partial charge in [0.1, 0.15) is 5.75 Å². The minimum atomic E-state index is -0.507. The quantitative estimate of drug-likeness (QED) is 0.905. The van der Waals surface area contributed by atoms with Crippen LogP contribution in [-0.2, 0) is 11.3 Å². The molecule has 2 N–H and O–H groups in total. The van der Waals surface area contributed by atoms with Crippen LogP contribution in [-0.4, -0.2) is 31.0 Å². The van der Waals surface area contributed by atoms with Gasteiger partial charge in [0.2, 0.25) is 5.91 Å². The molecule has 0 heterocycles. The molecular formula is C15H24N2O2. The van der Waals surface area contributed by atoms with E-state index in [2.05, 4.69) is 0 Å². The first-order valence-corrected chi connectivity index (χ1v) is 6.40. The highest BCUT2D eigenvalue weighted by Gasteiger charge is 2.29. The Hall–Kier alpha value is -1.55. The van der Waals surface area contributed by atoms with Gasteiger partial charge in [-0.25, -0.2) is 0 Å². The maximum Gasteiger partial charge on any atom is 0.240 e. The third kappa shape index (κ3) is 3.96. The van der Waals surface area contributed by atoms with Gasteiger partial charge < -0.3 is 15.4 Å². The van der Waals surface area contributed by atoms with Gasteiger partial charge in [-0.3, -0.25) is 4.79 Å². The molecule has 0 aromatic heterocycles. The van der Waals surface area contributed by atoms with Crippen LogP contribution in [0.5, 0.6) is 5.75 Å². The number of carbonyl (C=O) groups is 1. The van der Waals surface area contributed by atoms with E-state index in [4.69, 9.17) is 10.5 Å². The number of methoxy groups -OCH3 is 1. The van der Waals surface area contributed by atoms with Crippen molar-refractivity contribution >= 4 is 5.91 Å². The summed E-state index contributed by atoms with van der Waals surface area (Å²) in [4.78, 5) is 13.9. The van der Waals surface area contributed by atoms with Crippen molar-refractivity contribution in [2.24, 2.45) is 11.1 Å². The smallest absolute Gasteiger partial charge is 0.240 e. The molecule has 0 aliphatic heterocycles. The van der Waals surface area contributed by atoms with Gasteiger partial charge in [-0.15, -0.1) is 0 Å². The van der Waals surface area contributed by atoms with Crippen molar-refractivity contribution in [1.82, 2.24) is 4.90 Å². The average Bonchev–Trinajstić information content (AvgIpc) is 2.36. The molecule has 1 atom stereocenters. The molecule has 19 heavy (non-hydrogen) atoms. The SMILES string of the molecule is COc1ccccc1CN(C)C(=O)[C@@H](N)C(C)(C)C. The Morgan fingerprint density at radius 2 is 1.95 bits per heavy atom. The summed E-state index contributed by atoms with van der Waals surface area (Å²) in [5.41, 5.74) is 6.73. The summed E-state index contributed by atoms with van der Waals surface area (Å²) in [7, 11) is 3.39. The molecule has 0 unspecified atom stereocenters. The van der Waals surface area contributed by atoms with E-state index in [0.717, 1.165) is 11.3 Å². The normalized spacial score (nSPS) is 12.9. The molecule has 106 valence electrons. The lowest BCUT2D eigenvalue weighted by atomic mass is 9.86. The Labute approximate surface area is 115 Å². The molecule has 0 radical (unpaired) electrons. The number of amides is 1. The predicted octanol–water partition coefficient (Wildman–Crippen LogP) is 2.03. The first-order valence-electron chi connectivity index (χ1n) is 6.40. The second kappa shape index (κ2) is 6.06. The van der Waals surface area contributed by atoms with Crippen molar-refractivity contribution in [3.05, 3.63) is 29.8 Å². The topological polar surface area (TPSA) is 55.6 Å². The van der Waals surface area contributed by atoms with Crippen LogP contribution in [0.3, 0.4) is 0 Å². The van der Waals surface area contributed by atoms with E-state index in [0.29, 0.717) is 6.54 Å². The lowest BCUT2D eigenvalue weighted by Crippen LogP contribution is -2.48. The highest BCUT2D eigenvalue weighted by molar-refractivity contribution is 5.82. The molecule has 1 aromatic rings. The van der Waals surface area contributed by atoms with E-state index in [1.807, 2.05) is 45.0 Å². The lowest BCUT2D eigenvalue weighted by Gasteiger charge is -2.30. The fourth-order valence-electron chi connectivity index (χ4n) is 1.77. The molecule has 1 amide bonds. The molecule has 4 heteroatoms. The first kappa shape index (κ1) is 15.5. The third-order valence-corrected chi connectivity index (χ3v) is 3.18. The Balaban J connectivity index is 2.80. The molecule has 0 saturated heterocycles. The third-order valence-electron chi connectivity index (χ3n) is 3.18. The van der Waals surface area contributed by atoms with Crippen LogP contribution in [0.4, 0.5) is 0 Å². The zero-order chi connectivity index (χ0) is 14.6. The van der Waals surface area contributed by atoms with Gasteiger partial charge >= 0.3 is 0 Å². The lowest BCUT2D eigenvalue weighted by molar-refractivity contribution is -0.134. The van der Waals surface area contributed by atoms with E-state index < -0.39 is 6.04 Å². The fraction of sp³-hybridized carbons (Fsp3) is 0.533. The molecule has 1 aromatic carbocycles. The van der Waals surface area contributed by atoms with Gasteiger partial charge in [-0.05, 0) is 11.5 Å². The van der Waals surface area contributed by atoms with E-state index >= 15 is 0 Å².